The molecule has 1 aromatic heterocycles. The molecule has 4 nitrogen and oxygen atoms in total. The normalized spacial score (nSPS) is 21.1. The smallest absolute Gasteiger partial charge is 0.131 e. The van der Waals surface area contributed by atoms with Crippen molar-refractivity contribution in [1.29, 1.82) is 0 Å². The minimum Gasteiger partial charge on any atom is -0.373 e. The molecule has 0 saturated carbocycles. The Morgan fingerprint density at radius 1 is 1.62 bits per heavy atom. The highest BCUT2D eigenvalue weighted by atomic mass is 16.5. The number of morpholine rings is 1. The van der Waals surface area contributed by atoms with Crippen molar-refractivity contribution in [1.82, 2.24) is 10.3 Å². The third-order valence-electron chi connectivity index (χ3n) is 2.85. The van der Waals surface area contributed by atoms with Gasteiger partial charge < -0.3 is 15.0 Å². The van der Waals surface area contributed by atoms with E-state index in [0.29, 0.717) is 0 Å². The van der Waals surface area contributed by atoms with Gasteiger partial charge in [0.15, 0.2) is 0 Å². The van der Waals surface area contributed by atoms with Gasteiger partial charge in [0.25, 0.3) is 0 Å². The summed E-state index contributed by atoms with van der Waals surface area (Å²) < 4.78 is 5.68. The van der Waals surface area contributed by atoms with Crippen LogP contribution >= 0.6 is 0 Å². The zero-order chi connectivity index (χ0) is 11.4. The highest BCUT2D eigenvalue weighted by molar-refractivity contribution is 5.46. The number of ether oxygens (including phenoxy) is 1. The fourth-order valence-corrected chi connectivity index (χ4v) is 2.07. The lowest BCUT2D eigenvalue weighted by Crippen LogP contribution is -2.46. The Labute approximate surface area is 96.6 Å². The standard InChI is InChI=1S/C12H19N3O/c1-10-4-3-5-14-12(10)15-6-7-16-11(9-15)8-13-2/h3-5,11,13H,6-9H2,1-2H3. The van der Waals surface area contributed by atoms with Gasteiger partial charge in [-0.1, -0.05) is 6.07 Å². The third-order valence-corrected chi connectivity index (χ3v) is 2.85. The van der Waals surface area contributed by atoms with Crippen molar-refractivity contribution >= 4 is 5.82 Å². The molecule has 1 aromatic rings. The molecule has 0 bridgehead atoms. The number of rotatable bonds is 3. The summed E-state index contributed by atoms with van der Waals surface area (Å²) in [6.45, 7) is 5.62. The van der Waals surface area contributed by atoms with Gasteiger partial charge in [0.1, 0.15) is 5.82 Å². The topological polar surface area (TPSA) is 37.4 Å². The lowest BCUT2D eigenvalue weighted by atomic mass is 10.2. The summed E-state index contributed by atoms with van der Waals surface area (Å²) in [6.07, 6.45) is 2.12. The Hall–Kier alpha value is -1.13. The maximum atomic E-state index is 5.68. The molecule has 88 valence electrons. The first-order valence-corrected chi connectivity index (χ1v) is 5.74. The molecule has 1 saturated heterocycles. The van der Waals surface area contributed by atoms with Crippen molar-refractivity contribution in [3.8, 4) is 0 Å². The van der Waals surface area contributed by atoms with Gasteiger partial charge in [0, 0.05) is 25.8 Å². The van der Waals surface area contributed by atoms with Crippen LogP contribution in [0.2, 0.25) is 0 Å². The minimum atomic E-state index is 0.264. The zero-order valence-corrected chi connectivity index (χ0v) is 9.94. The molecule has 0 aromatic carbocycles. The van der Waals surface area contributed by atoms with Gasteiger partial charge in [0.2, 0.25) is 0 Å². The number of pyridine rings is 1. The summed E-state index contributed by atoms with van der Waals surface area (Å²) in [7, 11) is 1.95. The number of aryl methyl sites for hydroxylation is 1. The molecule has 0 spiro atoms. The van der Waals surface area contributed by atoms with Crippen LogP contribution in [0.5, 0.6) is 0 Å². The van der Waals surface area contributed by atoms with E-state index in [-0.39, 0.29) is 6.10 Å². The highest BCUT2D eigenvalue weighted by Gasteiger charge is 2.21. The average Bonchev–Trinajstić information content (AvgIpc) is 2.30. The van der Waals surface area contributed by atoms with E-state index in [9.17, 15) is 0 Å². The van der Waals surface area contributed by atoms with E-state index in [1.807, 2.05) is 19.3 Å². The molecule has 0 radical (unpaired) electrons. The van der Waals surface area contributed by atoms with Crippen molar-refractivity contribution in [2.24, 2.45) is 0 Å². The molecule has 1 aliphatic heterocycles. The monoisotopic (exact) mass is 221 g/mol. The molecule has 1 unspecified atom stereocenters. The lowest BCUT2D eigenvalue weighted by Gasteiger charge is -2.34. The van der Waals surface area contributed by atoms with Crippen LogP contribution in [-0.2, 0) is 4.74 Å². The van der Waals surface area contributed by atoms with Crippen molar-refractivity contribution < 1.29 is 4.74 Å². The molecule has 2 heterocycles. The molecule has 16 heavy (non-hydrogen) atoms. The second kappa shape index (κ2) is 5.27. The quantitative estimate of drug-likeness (QED) is 0.820. The molecule has 1 aliphatic rings. The molecule has 1 atom stereocenters. The predicted octanol–water partition coefficient (Wildman–Crippen LogP) is 0.815. The summed E-state index contributed by atoms with van der Waals surface area (Å²) >= 11 is 0. The van der Waals surface area contributed by atoms with E-state index >= 15 is 0 Å². The van der Waals surface area contributed by atoms with Crippen molar-refractivity contribution in [3.05, 3.63) is 23.9 Å². The van der Waals surface area contributed by atoms with Crippen molar-refractivity contribution in [2.75, 3.05) is 38.2 Å². The largest absolute Gasteiger partial charge is 0.373 e. The lowest BCUT2D eigenvalue weighted by molar-refractivity contribution is 0.0418. The van der Waals surface area contributed by atoms with Crippen molar-refractivity contribution in [3.63, 3.8) is 0 Å². The van der Waals surface area contributed by atoms with Crippen LogP contribution in [0.15, 0.2) is 18.3 Å². The van der Waals surface area contributed by atoms with Gasteiger partial charge >= 0.3 is 0 Å². The van der Waals surface area contributed by atoms with E-state index in [1.165, 1.54) is 5.56 Å². The molecule has 0 amide bonds. The minimum absolute atomic E-state index is 0.264. The number of nitrogens with one attached hydrogen (secondary N) is 1. The number of anilines is 1. The van der Waals surface area contributed by atoms with E-state index in [2.05, 4.69) is 28.2 Å². The summed E-state index contributed by atoms with van der Waals surface area (Å²) in [5.74, 6) is 1.09. The zero-order valence-electron chi connectivity index (χ0n) is 9.94. The van der Waals surface area contributed by atoms with Crippen LogP contribution in [0.3, 0.4) is 0 Å². The Kier molecular flexibility index (Phi) is 3.74. The van der Waals surface area contributed by atoms with Gasteiger partial charge in [-0.05, 0) is 25.6 Å². The van der Waals surface area contributed by atoms with E-state index in [1.54, 1.807) is 0 Å². The van der Waals surface area contributed by atoms with Gasteiger partial charge in [0.05, 0.1) is 12.7 Å². The summed E-state index contributed by atoms with van der Waals surface area (Å²) in [4.78, 5) is 6.75. The average molecular weight is 221 g/mol. The van der Waals surface area contributed by atoms with Crippen LogP contribution in [0.25, 0.3) is 0 Å². The SMILES string of the molecule is CNCC1CN(c2ncccc2C)CCO1. The van der Waals surface area contributed by atoms with Crippen LogP contribution in [-0.4, -0.2) is 44.4 Å². The summed E-state index contributed by atoms with van der Waals surface area (Å²) in [6, 6.07) is 4.08. The second-order valence-corrected chi connectivity index (χ2v) is 4.14. The Morgan fingerprint density at radius 3 is 3.25 bits per heavy atom. The van der Waals surface area contributed by atoms with Gasteiger partial charge in [-0.15, -0.1) is 0 Å². The van der Waals surface area contributed by atoms with Crippen LogP contribution in [0, 0.1) is 6.92 Å². The van der Waals surface area contributed by atoms with Crippen LogP contribution in [0.4, 0.5) is 5.82 Å². The number of likely N-dealkylation sites (N-methyl/N-ethyl adjacent to an activating group) is 1. The molecule has 4 heteroatoms. The maximum Gasteiger partial charge on any atom is 0.131 e. The summed E-state index contributed by atoms with van der Waals surface area (Å²) in [5, 5.41) is 3.15. The Morgan fingerprint density at radius 2 is 2.50 bits per heavy atom. The third kappa shape index (κ3) is 2.51. The first kappa shape index (κ1) is 11.4. The van der Waals surface area contributed by atoms with E-state index in [0.717, 1.165) is 32.1 Å². The number of nitrogens with zero attached hydrogens (tertiary/aromatic N) is 2. The second-order valence-electron chi connectivity index (χ2n) is 4.14. The highest BCUT2D eigenvalue weighted by Crippen LogP contribution is 2.18. The van der Waals surface area contributed by atoms with Gasteiger partial charge in [-0.25, -0.2) is 4.98 Å². The first-order chi connectivity index (χ1) is 7.81. The molecular weight excluding hydrogens is 202 g/mol. The van der Waals surface area contributed by atoms with Gasteiger partial charge in [-0.2, -0.15) is 0 Å². The first-order valence-electron chi connectivity index (χ1n) is 5.74. The number of hydrogen-bond acceptors (Lipinski definition) is 4. The fraction of sp³-hybridized carbons (Fsp3) is 0.583. The Balaban J connectivity index is 2.07. The summed E-state index contributed by atoms with van der Waals surface area (Å²) in [5.41, 5.74) is 1.23. The molecule has 1 N–H and O–H groups in total. The maximum absolute atomic E-state index is 5.68. The number of hydrogen-bond donors (Lipinski definition) is 1. The molecule has 2 rings (SSSR count). The number of aromatic nitrogens is 1. The van der Waals surface area contributed by atoms with E-state index in [4.69, 9.17) is 4.74 Å². The van der Waals surface area contributed by atoms with Gasteiger partial charge in [-0.3, -0.25) is 0 Å². The Bertz CT molecular complexity index is 341. The van der Waals surface area contributed by atoms with Crippen LogP contribution in [0.1, 0.15) is 5.56 Å². The molecule has 0 aliphatic carbocycles. The fourth-order valence-electron chi connectivity index (χ4n) is 2.07. The molecule has 1 fully saturated rings. The van der Waals surface area contributed by atoms with E-state index < -0.39 is 0 Å². The van der Waals surface area contributed by atoms with Crippen molar-refractivity contribution in [2.45, 2.75) is 13.0 Å². The molecular formula is C12H19N3O. The van der Waals surface area contributed by atoms with Crippen LogP contribution < -0.4 is 10.2 Å². The predicted molar refractivity (Wildman–Crippen MR) is 64.9 cm³/mol.